The summed E-state index contributed by atoms with van der Waals surface area (Å²) in [5.41, 5.74) is 5.65. The molecule has 3 N–H and O–H groups in total. The van der Waals surface area contributed by atoms with Gasteiger partial charge < -0.3 is 16.0 Å². The van der Waals surface area contributed by atoms with Crippen molar-refractivity contribution < 1.29 is 14.0 Å². The lowest BCUT2D eigenvalue weighted by molar-refractivity contribution is -0.121. The van der Waals surface area contributed by atoms with Crippen molar-refractivity contribution >= 4 is 17.5 Å². The average Bonchev–Trinajstić information content (AvgIpc) is 2.56. The summed E-state index contributed by atoms with van der Waals surface area (Å²) in [6, 6.07) is 3.82. The van der Waals surface area contributed by atoms with Gasteiger partial charge in [0.25, 0.3) is 5.91 Å². The first-order valence-corrected chi connectivity index (χ1v) is 5.69. The van der Waals surface area contributed by atoms with E-state index < -0.39 is 5.82 Å². The molecule has 1 aromatic rings. The van der Waals surface area contributed by atoms with E-state index in [1.165, 1.54) is 17.0 Å². The largest absolute Gasteiger partial charge is 0.396 e. The van der Waals surface area contributed by atoms with E-state index in [-0.39, 0.29) is 24.0 Å². The Labute approximate surface area is 104 Å². The predicted molar refractivity (Wildman–Crippen MR) is 64.3 cm³/mol. The van der Waals surface area contributed by atoms with Crippen LogP contribution in [0.1, 0.15) is 16.8 Å². The second-order valence-electron chi connectivity index (χ2n) is 4.17. The van der Waals surface area contributed by atoms with Gasteiger partial charge in [-0.05, 0) is 24.6 Å². The van der Waals surface area contributed by atoms with Gasteiger partial charge in [0.2, 0.25) is 5.91 Å². The third-order valence-corrected chi connectivity index (χ3v) is 2.79. The average molecular weight is 251 g/mol. The van der Waals surface area contributed by atoms with Gasteiger partial charge in [-0.3, -0.25) is 9.59 Å². The molecule has 1 saturated heterocycles. The first-order chi connectivity index (χ1) is 8.58. The van der Waals surface area contributed by atoms with Crippen LogP contribution >= 0.6 is 0 Å². The van der Waals surface area contributed by atoms with Crippen molar-refractivity contribution in [3.05, 3.63) is 29.6 Å². The Morgan fingerprint density at radius 3 is 2.94 bits per heavy atom. The molecule has 18 heavy (non-hydrogen) atoms. The standard InChI is InChI=1S/C12H14FN3O2/c13-9-3-2-8(6-10(9)14)12(18)16-5-1-4-15-11(17)7-16/h2-3,6H,1,4-5,7,14H2,(H,15,17). The number of halogens is 1. The van der Waals surface area contributed by atoms with Crippen LogP contribution in [0.25, 0.3) is 0 Å². The highest BCUT2D eigenvalue weighted by Crippen LogP contribution is 2.14. The van der Waals surface area contributed by atoms with Gasteiger partial charge in [-0.2, -0.15) is 0 Å². The van der Waals surface area contributed by atoms with E-state index >= 15 is 0 Å². The van der Waals surface area contributed by atoms with Crippen LogP contribution in [0.4, 0.5) is 10.1 Å². The molecule has 1 aliphatic rings. The number of nitrogens with one attached hydrogen (secondary N) is 1. The van der Waals surface area contributed by atoms with E-state index in [0.717, 1.165) is 6.07 Å². The lowest BCUT2D eigenvalue weighted by atomic mass is 10.1. The summed E-state index contributed by atoms with van der Waals surface area (Å²) < 4.78 is 13.0. The van der Waals surface area contributed by atoms with Gasteiger partial charge in [-0.1, -0.05) is 0 Å². The molecule has 0 aromatic heterocycles. The van der Waals surface area contributed by atoms with Gasteiger partial charge in [-0.25, -0.2) is 4.39 Å². The van der Waals surface area contributed by atoms with Gasteiger partial charge in [0.1, 0.15) is 5.82 Å². The highest BCUT2D eigenvalue weighted by Gasteiger charge is 2.21. The van der Waals surface area contributed by atoms with Gasteiger partial charge >= 0.3 is 0 Å². The minimum absolute atomic E-state index is 0.0239. The number of amides is 2. The van der Waals surface area contributed by atoms with Gasteiger partial charge in [0.05, 0.1) is 12.2 Å². The van der Waals surface area contributed by atoms with Gasteiger partial charge in [0, 0.05) is 18.7 Å². The summed E-state index contributed by atoms with van der Waals surface area (Å²) in [7, 11) is 0. The van der Waals surface area contributed by atoms with Crippen molar-refractivity contribution in [2.45, 2.75) is 6.42 Å². The Morgan fingerprint density at radius 1 is 1.44 bits per heavy atom. The van der Waals surface area contributed by atoms with Gasteiger partial charge in [0.15, 0.2) is 0 Å². The van der Waals surface area contributed by atoms with Gasteiger partial charge in [-0.15, -0.1) is 0 Å². The fraction of sp³-hybridized carbons (Fsp3) is 0.333. The molecule has 2 rings (SSSR count). The lowest BCUT2D eigenvalue weighted by Crippen LogP contribution is -2.37. The minimum atomic E-state index is -0.555. The van der Waals surface area contributed by atoms with Crippen LogP contribution in [0, 0.1) is 5.82 Å². The third kappa shape index (κ3) is 2.58. The van der Waals surface area contributed by atoms with Crippen molar-refractivity contribution in [2.24, 2.45) is 0 Å². The molecule has 1 fully saturated rings. The third-order valence-electron chi connectivity index (χ3n) is 2.79. The number of nitrogens with zero attached hydrogens (tertiary/aromatic N) is 1. The number of carbonyl (C=O) groups is 2. The molecule has 6 heteroatoms. The van der Waals surface area contributed by atoms with Crippen LogP contribution in [-0.2, 0) is 4.79 Å². The molecule has 0 unspecified atom stereocenters. The normalized spacial score (nSPS) is 16.1. The Morgan fingerprint density at radius 2 is 2.22 bits per heavy atom. The Bertz CT molecular complexity index is 490. The molecule has 5 nitrogen and oxygen atoms in total. The van der Waals surface area contributed by atoms with E-state index in [4.69, 9.17) is 5.73 Å². The zero-order valence-corrected chi connectivity index (χ0v) is 9.78. The van der Waals surface area contributed by atoms with Crippen molar-refractivity contribution in [2.75, 3.05) is 25.4 Å². The lowest BCUT2D eigenvalue weighted by Gasteiger charge is -2.19. The first kappa shape index (κ1) is 12.3. The maximum absolute atomic E-state index is 13.0. The van der Waals surface area contributed by atoms with E-state index in [1.807, 2.05) is 0 Å². The quantitative estimate of drug-likeness (QED) is 0.708. The minimum Gasteiger partial charge on any atom is -0.396 e. The molecule has 1 aromatic carbocycles. The number of anilines is 1. The summed E-state index contributed by atoms with van der Waals surface area (Å²) in [6.07, 6.45) is 0.703. The maximum atomic E-state index is 13.0. The summed E-state index contributed by atoms with van der Waals surface area (Å²) >= 11 is 0. The molecule has 0 saturated carbocycles. The first-order valence-electron chi connectivity index (χ1n) is 5.69. The molecule has 0 radical (unpaired) electrons. The summed E-state index contributed by atoms with van der Waals surface area (Å²) in [6.45, 7) is 1.08. The molecule has 0 aliphatic carbocycles. The fourth-order valence-electron chi connectivity index (χ4n) is 1.84. The molecular weight excluding hydrogens is 237 g/mol. The maximum Gasteiger partial charge on any atom is 0.254 e. The summed E-state index contributed by atoms with van der Waals surface area (Å²) in [5, 5.41) is 2.68. The fourth-order valence-corrected chi connectivity index (χ4v) is 1.84. The zero-order chi connectivity index (χ0) is 13.1. The molecule has 96 valence electrons. The monoisotopic (exact) mass is 251 g/mol. The van der Waals surface area contributed by atoms with E-state index in [2.05, 4.69) is 5.32 Å². The second-order valence-corrected chi connectivity index (χ2v) is 4.17. The molecule has 0 atom stereocenters. The number of carbonyl (C=O) groups excluding carboxylic acids is 2. The van der Waals surface area contributed by atoms with Crippen LogP contribution in [0.15, 0.2) is 18.2 Å². The second kappa shape index (κ2) is 5.03. The Kier molecular flexibility index (Phi) is 3.45. The molecule has 1 heterocycles. The summed E-state index contributed by atoms with van der Waals surface area (Å²) in [4.78, 5) is 24.9. The SMILES string of the molecule is Nc1cc(C(=O)N2CCCNC(=O)C2)ccc1F. The molecule has 2 amide bonds. The zero-order valence-electron chi connectivity index (χ0n) is 9.78. The highest BCUT2D eigenvalue weighted by molar-refractivity contribution is 5.97. The molecule has 1 aliphatic heterocycles. The molecule has 0 bridgehead atoms. The number of nitrogens with two attached hydrogens (primary N) is 1. The van der Waals surface area contributed by atoms with Crippen LogP contribution in [-0.4, -0.2) is 36.3 Å². The van der Waals surface area contributed by atoms with Crippen molar-refractivity contribution in [1.82, 2.24) is 10.2 Å². The van der Waals surface area contributed by atoms with Crippen molar-refractivity contribution in [1.29, 1.82) is 0 Å². The smallest absolute Gasteiger partial charge is 0.254 e. The number of nitrogen functional groups attached to an aromatic ring is 1. The highest BCUT2D eigenvalue weighted by atomic mass is 19.1. The molecular formula is C12H14FN3O2. The summed E-state index contributed by atoms with van der Waals surface area (Å²) in [5.74, 6) is -1.05. The van der Waals surface area contributed by atoms with E-state index in [1.54, 1.807) is 0 Å². The Hall–Kier alpha value is -2.11. The van der Waals surface area contributed by atoms with Crippen LogP contribution in [0.3, 0.4) is 0 Å². The van der Waals surface area contributed by atoms with Crippen LogP contribution in [0.5, 0.6) is 0 Å². The number of benzene rings is 1. The Balaban J connectivity index is 2.19. The number of hydrogen-bond acceptors (Lipinski definition) is 3. The van der Waals surface area contributed by atoms with Crippen molar-refractivity contribution in [3.8, 4) is 0 Å². The van der Waals surface area contributed by atoms with Crippen LogP contribution < -0.4 is 11.1 Å². The number of hydrogen-bond donors (Lipinski definition) is 2. The topological polar surface area (TPSA) is 75.4 Å². The van der Waals surface area contributed by atoms with Crippen LogP contribution in [0.2, 0.25) is 0 Å². The number of rotatable bonds is 1. The van der Waals surface area contributed by atoms with E-state index in [9.17, 15) is 14.0 Å². The predicted octanol–water partition coefficient (Wildman–Crippen LogP) is 0.370. The van der Waals surface area contributed by atoms with E-state index in [0.29, 0.717) is 25.1 Å². The van der Waals surface area contributed by atoms with Crippen molar-refractivity contribution in [3.63, 3.8) is 0 Å². The molecule has 0 spiro atoms.